The number of hydrogen-bond acceptors (Lipinski definition) is 4. The van der Waals surface area contributed by atoms with Gasteiger partial charge in [-0.1, -0.05) is 12.1 Å². The van der Waals surface area contributed by atoms with Gasteiger partial charge in [-0.2, -0.15) is 0 Å². The molecule has 2 aliphatic heterocycles. The molecule has 0 bridgehead atoms. The van der Waals surface area contributed by atoms with E-state index in [2.05, 4.69) is 17.1 Å². The monoisotopic (exact) mass is 318 g/mol. The van der Waals surface area contributed by atoms with E-state index in [1.54, 1.807) is 14.2 Å². The highest BCUT2D eigenvalue weighted by Gasteiger charge is 2.40. The van der Waals surface area contributed by atoms with E-state index in [1.807, 2.05) is 17.1 Å². The van der Waals surface area contributed by atoms with E-state index in [1.165, 1.54) is 5.56 Å². The second-order valence-electron chi connectivity index (χ2n) is 6.40. The highest BCUT2D eigenvalue weighted by atomic mass is 16.5. The van der Waals surface area contributed by atoms with Crippen molar-refractivity contribution in [2.24, 2.45) is 0 Å². The fourth-order valence-corrected chi connectivity index (χ4v) is 3.77. The zero-order chi connectivity index (χ0) is 16.2. The minimum Gasteiger partial charge on any atom is -0.497 e. The first-order valence-electron chi connectivity index (χ1n) is 8.43. The molecule has 126 valence electrons. The van der Waals surface area contributed by atoms with Gasteiger partial charge in [-0.3, -0.25) is 9.80 Å². The summed E-state index contributed by atoms with van der Waals surface area (Å²) in [5, 5.41) is 4.29. The highest BCUT2D eigenvalue weighted by Crippen LogP contribution is 2.30. The molecule has 0 spiro atoms. The average Bonchev–Trinajstić information content (AvgIpc) is 3.15. The van der Waals surface area contributed by atoms with Gasteiger partial charge in [-0.15, -0.1) is 0 Å². The minimum atomic E-state index is 0.256. The van der Waals surface area contributed by atoms with E-state index in [0.29, 0.717) is 19.1 Å². The lowest BCUT2D eigenvalue weighted by Gasteiger charge is -2.37. The van der Waals surface area contributed by atoms with Crippen LogP contribution >= 0.6 is 0 Å². The van der Waals surface area contributed by atoms with Crippen LogP contribution in [0.5, 0.6) is 5.75 Å². The summed E-state index contributed by atoms with van der Waals surface area (Å²) in [7, 11) is 3.41. The Kier molecular flexibility index (Phi) is 5.18. The van der Waals surface area contributed by atoms with Gasteiger partial charge in [0.15, 0.2) is 0 Å². The van der Waals surface area contributed by atoms with Gasteiger partial charge in [0, 0.05) is 20.1 Å². The topological polar surface area (TPSA) is 42.0 Å². The molecule has 0 aromatic heterocycles. The standard InChI is InChI=1S/C18H26N2O3/c1-22-13-16-4-3-11-19(16)20-15(7-10-18(20)21)12-14-5-8-17(23-2)9-6-14/h5-6,8-9,15-16H,3-4,7,10-13H2,1-2H3/t15-,16-/m0/s1. The van der Waals surface area contributed by atoms with Crippen molar-refractivity contribution in [2.75, 3.05) is 27.4 Å². The lowest BCUT2D eigenvalue weighted by atomic mass is 10.0. The molecule has 2 heterocycles. The van der Waals surface area contributed by atoms with Crippen LogP contribution in [0.2, 0.25) is 0 Å². The smallest absolute Gasteiger partial charge is 0.237 e. The second kappa shape index (κ2) is 7.32. The van der Waals surface area contributed by atoms with Crippen LogP contribution in [0.3, 0.4) is 0 Å². The Morgan fingerprint density at radius 3 is 2.61 bits per heavy atom. The molecular formula is C18H26N2O3. The summed E-state index contributed by atoms with van der Waals surface area (Å²) in [6.07, 6.45) is 4.71. The summed E-state index contributed by atoms with van der Waals surface area (Å²) in [6, 6.07) is 8.75. The molecule has 1 aromatic carbocycles. The summed E-state index contributed by atoms with van der Waals surface area (Å²) in [5.41, 5.74) is 1.25. The van der Waals surface area contributed by atoms with Gasteiger partial charge >= 0.3 is 0 Å². The third-order valence-electron chi connectivity index (χ3n) is 4.91. The fraction of sp³-hybridized carbons (Fsp3) is 0.611. The van der Waals surface area contributed by atoms with Crippen LogP contribution in [-0.4, -0.2) is 55.4 Å². The third-order valence-corrected chi connectivity index (χ3v) is 4.91. The second-order valence-corrected chi connectivity index (χ2v) is 6.40. The Labute approximate surface area is 138 Å². The van der Waals surface area contributed by atoms with Gasteiger partial charge < -0.3 is 9.47 Å². The maximum atomic E-state index is 12.4. The van der Waals surface area contributed by atoms with Gasteiger partial charge in [0.05, 0.1) is 25.8 Å². The van der Waals surface area contributed by atoms with Gasteiger partial charge in [0.25, 0.3) is 0 Å². The molecule has 5 heteroatoms. The number of carbonyl (C=O) groups excluding carboxylic acids is 1. The SMILES string of the molecule is COC[C@@H]1CCCN1N1C(=O)CC[C@H]1Cc1ccc(OC)cc1. The van der Waals surface area contributed by atoms with Crippen LogP contribution in [0.4, 0.5) is 0 Å². The fourth-order valence-electron chi connectivity index (χ4n) is 3.77. The Balaban J connectivity index is 1.71. The predicted octanol–water partition coefficient (Wildman–Crippen LogP) is 2.25. The van der Waals surface area contributed by atoms with Crippen molar-refractivity contribution in [1.82, 2.24) is 10.0 Å². The third kappa shape index (κ3) is 3.51. The number of amides is 1. The van der Waals surface area contributed by atoms with Crippen LogP contribution in [0.15, 0.2) is 24.3 Å². The summed E-state index contributed by atoms with van der Waals surface area (Å²) in [5.74, 6) is 1.12. The number of benzene rings is 1. The lowest BCUT2D eigenvalue weighted by Crippen LogP contribution is -2.51. The zero-order valence-corrected chi connectivity index (χ0v) is 14.0. The molecule has 5 nitrogen and oxygen atoms in total. The molecule has 2 fully saturated rings. The van der Waals surface area contributed by atoms with Crippen molar-refractivity contribution in [1.29, 1.82) is 0 Å². The lowest BCUT2D eigenvalue weighted by molar-refractivity contribution is -0.151. The molecule has 3 rings (SSSR count). The largest absolute Gasteiger partial charge is 0.497 e. The number of methoxy groups -OCH3 is 2. The first kappa shape index (κ1) is 16.3. The number of carbonyl (C=O) groups is 1. The normalized spacial score (nSPS) is 25.3. The van der Waals surface area contributed by atoms with Gasteiger partial charge in [0.1, 0.15) is 5.75 Å². The Morgan fingerprint density at radius 1 is 1.13 bits per heavy atom. The Bertz CT molecular complexity index is 532. The number of hydrazine groups is 1. The van der Waals surface area contributed by atoms with E-state index in [-0.39, 0.29) is 11.9 Å². The maximum absolute atomic E-state index is 12.4. The molecule has 0 saturated carbocycles. The minimum absolute atomic E-state index is 0.256. The molecule has 1 aromatic rings. The van der Waals surface area contributed by atoms with Crippen LogP contribution in [-0.2, 0) is 16.0 Å². The molecular weight excluding hydrogens is 292 g/mol. The van der Waals surface area contributed by atoms with Gasteiger partial charge in [0.2, 0.25) is 5.91 Å². The van der Waals surface area contributed by atoms with E-state index >= 15 is 0 Å². The van der Waals surface area contributed by atoms with Gasteiger partial charge in [-0.05, 0) is 43.4 Å². The quantitative estimate of drug-likeness (QED) is 0.807. The summed E-state index contributed by atoms with van der Waals surface area (Å²) in [4.78, 5) is 12.4. The maximum Gasteiger partial charge on any atom is 0.237 e. The average molecular weight is 318 g/mol. The Hall–Kier alpha value is -1.59. The highest BCUT2D eigenvalue weighted by molar-refractivity contribution is 5.78. The van der Waals surface area contributed by atoms with E-state index in [9.17, 15) is 4.79 Å². The van der Waals surface area contributed by atoms with Crippen LogP contribution < -0.4 is 4.74 Å². The molecule has 0 unspecified atom stereocenters. The molecule has 23 heavy (non-hydrogen) atoms. The summed E-state index contributed by atoms with van der Waals surface area (Å²) >= 11 is 0. The van der Waals surface area contributed by atoms with E-state index < -0.39 is 0 Å². The number of rotatable bonds is 6. The van der Waals surface area contributed by atoms with Crippen molar-refractivity contribution in [2.45, 2.75) is 44.2 Å². The zero-order valence-electron chi connectivity index (χ0n) is 14.0. The molecule has 2 saturated heterocycles. The van der Waals surface area contributed by atoms with Crippen LogP contribution in [0, 0.1) is 0 Å². The number of hydrogen-bond donors (Lipinski definition) is 0. The first-order chi connectivity index (χ1) is 11.2. The van der Waals surface area contributed by atoms with Crippen LogP contribution in [0.25, 0.3) is 0 Å². The molecule has 0 N–H and O–H groups in total. The molecule has 1 amide bonds. The van der Waals surface area contributed by atoms with Crippen molar-refractivity contribution in [3.8, 4) is 5.75 Å². The van der Waals surface area contributed by atoms with Crippen molar-refractivity contribution < 1.29 is 14.3 Å². The molecule has 2 aliphatic rings. The van der Waals surface area contributed by atoms with E-state index in [4.69, 9.17) is 9.47 Å². The molecule has 2 atom stereocenters. The predicted molar refractivity (Wildman–Crippen MR) is 88.2 cm³/mol. The number of ether oxygens (including phenoxy) is 2. The van der Waals surface area contributed by atoms with Crippen molar-refractivity contribution in [3.05, 3.63) is 29.8 Å². The first-order valence-corrected chi connectivity index (χ1v) is 8.43. The van der Waals surface area contributed by atoms with Crippen molar-refractivity contribution in [3.63, 3.8) is 0 Å². The van der Waals surface area contributed by atoms with Gasteiger partial charge in [-0.25, -0.2) is 5.01 Å². The number of nitrogens with zero attached hydrogens (tertiary/aromatic N) is 2. The summed E-state index contributed by atoms with van der Waals surface area (Å²) in [6.45, 7) is 1.65. The molecule has 0 aliphatic carbocycles. The van der Waals surface area contributed by atoms with Crippen molar-refractivity contribution >= 4 is 5.91 Å². The van der Waals surface area contributed by atoms with E-state index in [0.717, 1.165) is 38.0 Å². The Morgan fingerprint density at radius 2 is 1.91 bits per heavy atom. The molecule has 0 radical (unpaired) electrons. The summed E-state index contributed by atoms with van der Waals surface area (Å²) < 4.78 is 10.5. The van der Waals surface area contributed by atoms with Crippen LogP contribution in [0.1, 0.15) is 31.2 Å².